The van der Waals surface area contributed by atoms with Gasteiger partial charge in [0, 0.05) is 25.0 Å². The molecule has 2 aromatic heterocycles. The fourth-order valence-corrected chi connectivity index (χ4v) is 3.85. The maximum atomic E-state index is 5.86. The first kappa shape index (κ1) is 15.2. The van der Waals surface area contributed by atoms with Crippen LogP contribution in [0, 0.1) is 0 Å². The smallest absolute Gasteiger partial charge is 0.229 e. The van der Waals surface area contributed by atoms with Crippen molar-refractivity contribution in [3.05, 3.63) is 28.2 Å². The highest BCUT2D eigenvalue weighted by Gasteiger charge is 2.32. The first-order chi connectivity index (χ1) is 10.6. The second-order valence-corrected chi connectivity index (χ2v) is 6.81. The van der Waals surface area contributed by atoms with Crippen LogP contribution < -0.4 is 10.6 Å². The summed E-state index contributed by atoms with van der Waals surface area (Å²) >= 11 is 1.82. The first-order valence-electron chi connectivity index (χ1n) is 7.54. The second kappa shape index (κ2) is 6.18. The van der Waals surface area contributed by atoms with Gasteiger partial charge in [-0.05, 0) is 37.8 Å². The second-order valence-electron chi connectivity index (χ2n) is 5.83. The minimum atomic E-state index is 0.124. The van der Waals surface area contributed by atoms with Gasteiger partial charge in [-0.25, -0.2) is 0 Å². The molecular weight excluding hydrogens is 296 g/mol. The minimum Gasteiger partial charge on any atom is -0.368 e. The molecule has 0 aromatic carbocycles. The number of nitrogen functional groups attached to an aromatic ring is 1. The van der Waals surface area contributed by atoms with E-state index in [4.69, 9.17) is 5.73 Å². The normalized spacial score (nSPS) is 20.2. The van der Waals surface area contributed by atoms with Gasteiger partial charge in [-0.3, -0.25) is 4.90 Å². The number of anilines is 2. The molecule has 0 radical (unpaired) electrons. The molecule has 0 amide bonds. The molecule has 2 atom stereocenters. The average Bonchev–Trinajstić information content (AvgIpc) is 3.16. The van der Waals surface area contributed by atoms with Crippen molar-refractivity contribution in [3.63, 3.8) is 0 Å². The van der Waals surface area contributed by atoms with Crippen molar-refractivity contribution < 1.29 is 0 Å². The summed E-state index contributed by atoms with van der Waals surface area (Å²) < 4.78 is 0. The Morgan fingerprint density at radius 1 is 1.36 bits per heavy atom. The number of hydrogen-bond donors (Lipinski definition) is 1. The Bertz CT molecular complexity index is 627. The highest BCUT2D eigenvalue weighted by molar-refractivity contribution is 7.10. The van der Waals surface area contributed by atoms with Gasteiger partial charge in [-0.1, -0.05) is 6.07 Å². The maximum absolute atomic E-state index is 5.86. The SMILES string of the molecule is CC(c1nc(N)nc(N(C)C)n1)N1CCCC1c1cccs1. The quantitative estimate of drug-likeness (QED) is 0.934. The molecule has 2 N–H and O–H groups in total. The summed E-state index contributed by atoms with van der Waals surface area (Å²) in [7, 11) is 3.82. The summed E-state index contributed by atoms with van der Waals surface area (Å²) in [4.78, 5) is 18.9. The third kappa shape index (κ3) is 2.91. The molecular formula is C15H22N6S. The fraction of sp³-hybridized carbons (Fsp3) is 0.533. The zero-order valence-corrected chi connectivity index (χ0v) is 14.0. The van der Waals surface area contributed by atoms with Gasteiger partial charge in [-0.2, -0.15) is 15.0 Å². The zero-order valence-electron chi connectivity index (χ0n) is 13.2. The van der Waals surface area contributed by atoms with Crippen molar-refractivity contribution in [1.82, 2.24) is 19.9 Å². The van der Waals surface area contributed by atoms with Crippen molar-refractivity contribution in [3.8, 4) is 0 Å². The zero-order chi connectivity index (χ0) is 15.7. The van der Waals surface area contributed by atoms with Crippen LogP contribution in [0.15, 0.2) is 17.5 Å². The van der Waals surface area contributed by atoms with Crippen molar-refractivity contribution >= 4 is 23.2 Å². The lowest BCUT2D eigenvalue weighted by atomic mass is 10.1. The van der Waals surface area contributed by atoms with Crippen LogP contribution in [0.5, 0.6) is 0 Å². The van der Waals surface area contributed by atoms with Gasteiger partial charge in [-0.15, -0.1) is 11.3 Å². The molecule has 0 aliphatic carbocycles. The summed E-state index contributed by atoms with van der Waals surface area (Å²) in [6.45, 7) is 3.22. The van der Waals surface area contributed by atoms with E-state index in [2.05, 4.69) is 44.3 Å². The van der Waals surface area contributed by atoms with E-state index in [1.54, 1.807) is 0 Å². The lowest BCUT2D eigenvalue weighted by Crippen LogP contribution is -2.28. The van der Waals surface area contributed by atoms with Crippen LogP contribution in [0.1, 0.15) is 42.6 Å². The van der Waals surface area contributed by atoms with Crippen LogP contribution in [0.2, 0.25) is 0 Å². The van der Waals surface area contributed by atoms with E-state index in [9.17, 15) is 0 Å². The number of thiophene rings is 1. The Labute approximate surface area is 135 Å². The third-order valence-electron chi connectivity index (χ3n) is 4.10. The largest absolute Gasteiger partial charge is 0.368 e. The van der Waals surface area contributed by atoms with Gasteiger partial charge < -0.3 is 10.6 Å². The van der Waals surface area contributed by atoms with E-state index < -0.39 is 0 Å². The molecule has 3 heterocycles. The molecule has 0 saturated carbocycles. The van der Waals surface area contributed by atoms with Gasteiger partial charge in [0.2, 0.25) is 11.9 Å². The van der Waals surface area contributed by atoms with Crippen LogP contribution in [-0.2, 0) is 0 Å². The Balaban J connectivity index is 1.88. The topological polar surface area (TPSA) is 71.2 Å². The maximum Gasteiger partial charge on any atom is 0.229 e. The number of likely N-dealkylation sites (tertiary alicyclic amines) is 1. The van der Waals surface area contributed by atoms with Gasteiger partial charge in [0.15, 0.2) is 5.82 Å². The third-order valence-corrected chi connectivity index (χ3v) is 5.07. The van der Waals surface area contributed by atoms with Gasteiger partial charge in [0.05, 0.1) is 6.04 Å². The van der Waals surface area contributed by atoms with E-state index in [0.29, 0.717) is 12.0 Å². The lowest BCUT2D eigenvalue weighted by Gasteiger charge is -2.29. The van der Waals surface area contributed by atoms with E-state index in [0.717, 1.165) is 12.4 Å². The van der Waals surface area contributed by atoms with Crippen LogP contribution in [-0.4, -0.2) is 40.5 Å². The van der Waals surface area contributed by atoms with Gasteiger partial charge in [0.1, 0.15) is 0 Å². The Kier molecular flexibility index (Phi) is 4.26. The van der Waals surface area contributed by atoms with Crippen LogP contribution in [0.25, 0.3) is 0 Å². The number of aromatic nitrogens is 3. The molecule has 1 fully saturated rings. The van der Waals surface area contributed by atoms with E-state index in [-0.39, 0.29) is 12.0 Å². The summed E-state index contributed by atoms with van der Waals surface area (Å²) in [5.41, 5.74) is 5.86. The predicted octanol–water partition coefficient (Wildman–Crippen LogP) is 2.48. The molecule has 3 rings (SSSR count). The van der Waals surface area contributed by atoms with E-state index in [1.165, 1.54) is 17.7 Å². The number of nitrogens with zero attached hydrogens (tertiary/aromatic N) is 5. The molecule has 118 valence electrons. The fourth-order valence-electron chi connectivity index (χ4n) is 2.97. The summed E-state index contributed by atoms with van der Waals surface area (Å²) in [5, 5.41) is 2.14. The monoisotopic (exact) mass is 318 g/mol. The van der Waals surface area contributed by atoms with Crippen molar-refractivity contribution in [1.29, 1.82) is 0 Å². The molecule has 1 aliphatic heterocycles. The number of rotatable bonds is 4. The van der Waals surface area contributed by atoms with Crippen molar-refractivity contribution in [2.24, 2.45) is 0 Å². The van der Waals surface area contributed by atoms with Crippen LogP contribution in [0.4, 0.5) is 11.9 Å². The molecule has 0 spiro atoms. The predicted molar refractivity (Wildman–Crippen MR) is 90.0 cm³/mol. The van der Waals surface area contributed by atoms with E-state index >= 15 is 0 Å². The number of hydrogen-bond acceptors (Lipinski definition) is 7. The van der Waals surface area contributed by atoms with Gasteiger partial charge >= 0.3 is 0 Å². The first-order valence-corrected chi connectivity index (χ1v) is 8.42. The van der Waals surface area contributed by atoms with E-state index in [1.807, 2.05) is 30.3 Å². The average molecular weight is 318 g/mol. The molecule has 2 unspecified atom stereocenters. The summed E-state index contributed by atoms with van der Waals surface area (Å²) in [6.07, 6.45) is 2.39. The molecule has 1 aliphatic rings. The Morgan fingerprint density at radius 3 is 2.86 bits per heavy atom. The molecule has 2 aromatic rings. The number of nitrogens with two attached hydrogens (primary N) is 1. The Hall–Kier alpha value is -1.73. The highest BCUT2D eigenvalue weighted by Crippen LogP contribution is 2.39. The van der Waals surface area contributed by atoms with Crippen LogP contribution >= 0.6 is 11.3 Å². The summed E-state index contributed by atoms with van der Waals surface area (Å²) in [6, 6.07) is 4.91. The van der Waals surface area contributed by atoms with Gasteiger partial charge in [0.25, 0.3) is 0 Å². The van der Waals surface area contributed by atoms with Crippen molar-refractivity contribution in [2.45, 2.75) is 31.8 Å². The molecule has 22 heavy (non-hydrogen) atoms. The standard InChI is InChI=1S/C15H22N6S/c1-10(13-17-14(16)19-15(18-13)20(2)3)21-8-4-6-11(21)12-7-5-9-22-12/h5,7,9-11H,4,6,8H2,1-3H3,(H2,16,17,18,19). The van der Waals surface area contributed by atoms with Crippen molar-refractivity contribution in [2.75, 3.05) is 31.3 Å². The molecule has 7 heteroatoms. The summed E-state index contributed by atoms with van der Waals surface area (Å²) in [5.74, 6) is 1.65. The molecule has 6 nitrogen and oxygen atoms in total. The highest BCUT2D eigenvalue weighted by atomic mass is 32.1. The Morgan fingerprint density at radius 2 is 2.18 bits per heavy atom. The van der Waals surface area contributed by atoms with Crippen LogP contribution in [0.3, 0.4) is 0 Å². The minimum absolute atomic E-state index is 0.124. The molecule has 0 bridgehead atoms. The molecule has 1 saturated heterocycles. The lowest BCUT2D eigenvalue weighted by molar-refractivity contribution is 0.189.